The second kappa shape index (κ2) is 8.04. The van der Waals surface area contributed by atoms with Gasteiger partial charge in [0.05, 0.1) is 6.04 Å². The Hall–Kier alpha value is -2.14. The van der Waals surface area contributed by atoms with E-state index in [1.54, 1.807) is 0 Å². The highest BCUT2D eigenvalue weighted by Gasteiger charge is 2.23. The van der Waals surface area contributed by atoms with Gasteiger partial charge in [-0.2, -0.15) is 4.98 Å². The standard InChI is InChI=1S/C21H28N4O/c1-2-3-4-5-6-14-25-15-12-16-17(9-7-11-19(16)25)20-23-21(26-24-20)18-10-8-13-22-18/h7,9,11-12,15,18,22H,2-6,8,10,13-14H2,1H3/t18-/m0/s1. The first-order chi connectivity index (χ1) is 12.9. The van der Waals surface area contributed by atoms with Crippen molar-refractivity contribution in [2.75, 3.05) is 6.54 Å². The molecule has 1 aliphatic rings. The van der Waals surface area contributed by atoms with E-state index in [-0.39, 0.29) is 6.04 Å². The number of benzene rings is 1. The Morgan fingerprint density at radius 3 is 2.96 bits per heavy atom. The van der Waals surface area contributed by atoms with Gasteiger partial charge in [-0.15, -0.1) is 0 Å². The van der Waals surface area contributed by atoms with Crippen LogP contribution < -0.4 is 5.32 Å². The van der Waals surface area contributed by atoms with Crippen LogP contribution in [0.2, 0.25) is 0 Å². The fourth-order valence-corrected chi connectivity index (χ4v) is 3.88. The quantitative estimate of drug-likeness (QED) is 0.574. The first kappa shape index (κ1) is 17.3. The molecule has 0 aliphatic carbocycles. The molecule has 0 unspecified atom stereocenters. The highest BCUT2D eigenvalue weighted by atomic mass is 16.5. The van der Waals surface area contributed by atoms with Gasteiger partial charge in [-0.25, -0.2) is 0 Å². The maximum atomic E-state index is 5.53. The van der Waals surface area contributed by atoms with Crippen molar-refractivity contribution in [2.45, 2.75) is 64.5 Å². The molecule has 3 aromatic rings. The minimum atomic E-state index is 0.211. The summed E-state index contributed by atoms with van der Waals surface area (Å²) in [6.45, 7) is 4.35. The van der Waals surface area contributed by atoms with Crippen LogP contribution in [0.15, 0.2) is 35.0 Å². The predicted molar refractivity (Wildman–Crippen MR) is 104 cm³/mol. The van der Waals surface area contributed by atoms with Gasteiger partial charge in [0, 0.05) is 29.2 Å². The molecule has 0 saturated carbocycles. The highest BCUT2D eigenvalue weighted by Crippen LogP contribution is 2.30. The molecular formula is C21H28N4O. The van der Waals surface area contributed by atoms with Gasteiger partial charge in [-0.05, 0) is 37.9 Å². The lowest BCUT2D eigenvalue weighted by Gasteiger charge is -2.06. The van der Waals surface area contributed by atoms with Gasteiger partial charge >= 0.3 is 0 Å². The molecule has 5 nitrogen and oxygen atoms in total. The van der Waals surface area contributed by atoms with Crippen molar-refractivity contribution < 1.29 is 4.52 Å². The lowest BCUT2D eigenvalue weighted by atomic mass is 10.1. The first-order valence-corrected chi connectivity index (χ1v) is 10.0. The number of nitrogens with one attached hydrogen (secondary N) is 1. The molecule has 1 N–H and O–H groups in total. The van der Waals surface area contributed by atoms with Gasteiger partial charge in [0.25, 0.3) is 0 Å². The minimum Gasteiger partial charge on any atom is -0.347 e. The Morgan fingerprint density at radius 1 is 1.19 bits per heavy atom. The molecule has 4 rings (SSSR count). The van der Waals surface area contributed by atoms with Crippen molar-refractivity contribution in [3.63, 3.8) is 0 Å². The van der Waals surface area contributed by atoms with E-state index >= 15 is 0 Å². The van der Waals surface area contributed by atoms with Crippen LogP contribution in [0.25, 0.3) is 22.3 Å². The summed E-state index contributed by atoms with van der Waals surface area (Å²) >= 11 is 0. The average molecular weight is 352 g/mol. The molecule has 26 heavy (non-hydrogen) atoms. The predicted octanol–water partition coefficient (Wildman–Crippen LogP) is 5.09. The van der Waals surface area contributed by atoms with Gasteiger partial charge < -0.3 is 14.4 Å². The van der Waals surface area contributed by atoms with Crippen LogP contribution in [0.4, 0.5) is 0 Å². The van der Waals surface area contributed by atoms with Gasteiger partial charge in [0.2, 0.25) is 11.7 Å². The number of aromatic nitrogens is 3. The van der Waals surface area contributed by atoms with Gasteiger partial charge in [-0.3, -0.25) is 0 Å². The third kappa shape index (κ3) is 3.54. The van der Waals surface area contributed by atoms with Crippen molar-refractivity contribution in [3.05, 3.63) is 36.4 Å². The summed E-state index contributed by atoms with van der Waals surface area (Å²) in [4.78, 5) is 4.67. The summed E-state index contributed by atoms with van der Waals surface area (Å²) in [6.07, 6.45) is 10.9. The molecule has 1 atom stereocenters. The maximum absolute atomic E-state index is 5.53. The Balaban J connectivity index is 1.53. The fourth-order valence-electron chi connectivity index (χ4n) is 3.88. The van der Waals surface area contributed by atoms with Gasteiger partial charge in [-0.1, -0.05) is 49.9 Å². The van der Waals surface area contributed by atoms with Crippen LogP contribution in [-0.4, -0.2) is 21.3 Å². The number of hydrogen-bond donors (Lipinski definition) is 1. The number of unbranched alkanes of at least 4 members (excludes halogenated alkanes) is 4. The van der Waals surface area contributed by atoms with Crippen molar-refractivity contribution in [1.82, 2.24) is 20.0 Å². The van der Waals surface area contributed by atoms with E-state index in [0.717, 1.165) is 25.1 Å². The monoisotopic (exact) mass is 352 g/mol. The molecule has 2 aromatic heterocycles. The largest absolute Gasteiger partial charge is 0.347 e. The van der Waals surface area contributed by atoms with E-state index in [1.165, 1.54) is 49.4 Å². The topological polar surface area (TPSA) is 55.9 Å². The summed E-state index contributed by atoms with van der Waals surface area (Å²) in [5, 5.41) is 8.87. The molecule has 1 aromatic carbocycles. The lowest BCUT2D eigenvalue weighted by Crippen LogP contribution is -2.12. The Morgan fingerprint density at radius 2 is 2.12 bits per heavy atom. The summed E-state index contributed by atoms with van der Waals surface area (Å²) in [6, 6.07) is 8.76. The average Bonchev–Trinajstić information content (AvgIpc) is 3.41. The Labute approximate surface area is 154 Å². The zero-order valence-electron chi connectivity index (χ0n) is 15.6. The summed E-state index contributed by atoms with van der Waals surface area (Å²) in [7, 11) is 0. The van der Waals surface area contributed by atoms with E-state index in [4.69, 9.17) is 4.52 Å². The van der Waals surface area contributed by atoms with Crippen LogP contribution in [0.1, 0.15) is 63.8 Å². The highest BCUT2D eigenvalue weighted by molar-refractivity contribution is 5.93. The molecular weight excluding hydrogens is 324 g/mol. The van der Waals surface area contributed by atoms with E-state index in [0.29, 0.717) is 11.7 Å². The van der Waals surface area contributed by atoms with Gasteiger partial charge in [0.15, 0.2) is 0 Å². The normalized spacial score (nSPS) is 17.3. The van der Waals surface area contributed by atoms with Crippen LogP contribution in [0, 0.1) is 0 Å². The fraction of sp³-hybridized carbons (Fsp3) is 0.524. The molecule has 0 spiro atoms. The van der Waals surface area contributed by atoms with Crippen molar-refractivity contribution in [2.24, 2.45) is 0 Å². The van der Waals surface area contributed by atoms with Gasteiger partial charge in [0.1, 0.15) is 0 Å². The Bertz CT molecular complexity index is 845. The second-order valence-corrected chi connectivity index (χ2v) is 7.27. The third-order valence-corrected chi connectivity index (χ3v) is 5.36. The number of aryl methyl sites for hydroxylation is 1. The maximum Gasteiger partial charge on any atom is 0.244 e. The third-order valence-electron chi connectivity index (χ3n) is 5.36. The molecule has 1 fully saturated rings. The lowest BCUT2D eigenvalue weighted by molar-refractivity contribution is 0.345. The van der Waals surface area contributed by atoms with E-state index < -0.39 is 0 Å². The molecule has 138 valence electrons. The molecule has 0 radical (unpaired) electrons. The number of fused-ring (bicyclic) bond motifs is 1. The summed E-state index contributed by atoms with van der Waals surface area (Å²) < 4.78 is 7.88. The molecule has 5 heteroatoms. The van der Waals surface area contributed by atoms with E-state index in [1.807, 2.05) is 0 Å². The van der Waals surface area contributed by atoms with Crippen LogP contribution >= 0.6 is 0 Å². The molecule has 0 amide bonds. The molecule has 3 heterocycles. The minimum absolute atomic E-state index is 0.211. The van der Waals surface area contributed by atoms with Crippen molar-refractivity contribution >= 4 is 10.9 Å². The zero-order chi connectivity index (χ0) is 17.8. The zero-order valence-corrected chi connectivity index (χ0v) is 15.6. The van der Waals surface area contributed by atoms with E-state index in [9.17, 15) is 0 Å². The SMILES string of the molecule is CCCCCCCn1ccc2c(-c3noc([C@@H]4CCCN4)n3)cccc21. The van der Waals surface area contributed by atoms with Crippen LogP contribution in [-0.2, 0) is 6.54 Å². The van der Waals surface area contributed by atoms with Crippen molar-refractivity contribution in [3.8, 4) is 11.4 Å². The van der Waals surface area contributed by atoms with Crippen molar-refractivity contribution in [1.29, 1.82) is 0 Å². The Kier molecular flexibility index (Phi) is 5.34. The smallest absolute Gasteiger partial charge is 0.244 e. The first-order valence-electron chi connectivity index (χ1n) is 10.0. The van der Waals surface area contributed by atoms with E-state index in [2.05, 4.69) is 57.4 Å². The van der Waals surface area contributed by atoms with Crippen LogP contribution in [0.5, 0.6) is 0 Å². The molecule has 1 aliphatic heterocycles. The second-order valence-electron chi connectivity index (χ2n) is 7.27. The molecule has 0 bridgehead atoms. The number of hydrogen-bond acceptors (Lipinski definition) is 4. The molecule has 1 saturated heterocycles. The summed E-state index contributed by atoms with van der Waals surface area (Å²) in [5.41, 5.74) is 2.31. The van der Waals surface area contributed by atoms with Crippen LogP contribution in [0.3, 0.4) is 0 Å². The number of rotatable bonds is 8. The summed E-state index contributed by atoms with van der Waals surface area (Å²) in [5.74, 6) is 1.41. The number of nitrogens with zero attached hydrogens (tertiary/aromatic N) is 3.